The van der Waals surface area contributed by atoms with Gasteiger partial charge < -0.3 is 10.2 Å². The van der Waals surface area contributed by atoms with Crippen molar-refractivity contribution in [1.29, 1.82) is 0 Å². The Hall–Kier alpha value is -1.95. The van der Waals surface area contributed by atoms with Gasteiger partial charge in [0.25, 0.3) is 0 Å². The van der Waals surface area contributed by atoms with Crippen molar-refractivity contribution in [2.24, 2.45) is 0 Å². The van der Waals surface area contributed by atoms with E-state index < -0.39 is 6.04 Å². The predicted molar refractivity (Wildman–Crippen MR) is 76.9 cm³/mol. The van der Waals surface area contributed by atoms with Crippen LogP contribution in [0.5, 0.6) is 0 Å². The van der Waals surface area contributed by atoms with Crippen molar-refractivity contribution < 1.29 is 14.0 Å². The Morgan fingerprint density at radius 2 is 1.95 bits per heavy atom. The Balaban J connectivity index is 2.05. The van der Waals surface area contributed by atoms with Crippen LogP contribution in [0.25, 0.3) is 0 Å². The summed E-state index contributed by atoms with van der Waals surface area (Å²) in [4.78, 5) is 27.3. The Bertz CT molecular complexity index is 518. The average Bonchev–Trinajstić information content (AvgIpc) is 2.48. The first-order chi connectivity index (χ1) is 10.0. The van der Waals surface area contributed by atoms with Crippen molar-refractivity contribution in [3.05, 3.63) is 35.6 Å². The fourth-order valence-electron chi connectivity index (χ4n) is 2.60. The molecule has 1 aromatic rings. The molecule has 6 heteroatoms. The molecule has 114 valence electrons. The van der Waals surface area contributed by atoms with E-state index in [0.717, 1.165) is 5.56 Å². The van der Waals surface area contributed by atoms with E-state index in [1.807, 2.05) is 0 Å². The molecule has 0 aromatic heterocycles. The zero-order valence-corrected chi connectivity index (χ0v) is 12.3. The molecule has 1 aromatic carbocycles. The van der Waals surface area contributed by atoms with Gasteiger partial charge in [0, 0.05) is 40.2 Å². The minimum Gasteiger partial charge on any atom is -0.357 e. The minimum absolute atomic E-state index is 0.0926. The fourth-order valence-corrected chi connectivity index (χ4v) is 2.60. The molecule has 0 radical (unpaired) electrons. The number of carbonyl (C=O) groups is 2. The lowest BCUT2D eigenvalue weighted by Gasteiger charge is -2.40. The molecule has 1 aliphatic heterocycles. The molecule has 21 heavy (non-hydrogen) atoms. The molecule has 1 N–H and O–H groups in total. The van der Waals surface area contributed by atoms with Gasteiger partial charge in [-0.2, -0.15) is 0 Å². The summed E-state index contributed by atoms with van der Waals surface area (Å²) in [5, 5.41) is 2.60. The van der Waals surface area contributed by atoms with Crippen LogP contribution in [0.4, 0.5) is 4.39 Å². The Morgan fingerprint density at radius 1 is 1.29 bits per heavy atom. The number of rotatable bonds is 3. The van der Waals surface area contributed by atoms with Crippen molar-refractivity contribution in [3.63, 3.8) is 0 Å². The van der Waals surface area contributed by atoms with Crippen LogP contribution >= 0.6 is 0 Å². The van der Waals surface area contributed by atoms with Crippen molar-refractivity contribution in [2.45, 2.75) is 19.5 Å². The fraction of sp³-hybridized carbons (Fsp3) is 0.467. The van der Waals surface area contributed by atoms with Gasteiger partial charge in [-0.25, -0.2) is 4.39 Å². The van der Waals surface area contributed by atoms with E-state index in [9.17, 15) is 14.0 Å². The Kier molecular flexibility index (Phi) is 4.90. The third kappa shape index (κ3) is 3.78. The average molecular weight is 293 g/mol. The third-order valence-corrected chi connectivity index (χ3v) is 3.74. The quantitative estimate of drug-likeness (QED) is 0.888. The topological polar surface area (TPSA) is 52.7 Å². The van der Waals surface area contributed by atoms with E-state index >= 15 is 0 Å². The molecule has 5 nitrogen and oxygen atoms in total. The maximum atomic E-state index is 12.9. The molecule has 1 unspecified atom stereocenters. The number of nitrogens with one attached hydrogen (secondary N) is 1. The summed E-state index contributed by atoms with van der Waals surface area (Å²) >= 11 is 0. The molecular formula is C15H20FN3O2. The highest BCUT2D eigenvalue weighted by Crippen LogP contribution is 2.14. The Labute approximate surface area is 123 Å². The summed E-state index contributed by atoms with van der Waals surface area (Å²) in [5.41, 5.74) is 0.989. The van der Waals surface area contributed by atoms with Gasteiger partial charge in [0.05, 0.1) is 0 Å². The van der Waals surface area contributed by atoms with Crippen LogP contribution in [-0.2, 0) is 16.1 Å². The van der Waals surface area contributed by atoms with E-state index in [1.165, 1.54) is 19.1 Å². The molecule has 0 bridgehead atoms. The molecule has 1 heterocycles. The maximum Gasteiger partial charge on any atom is 0.243 e. The number of benzene rings is 1. The van der Waals surface area contributed by atoms with Gasteiger partial charge in [-0.1, -0.05) is 12.1 Å². The monoisotopic (exact) mass is 293 g/mol. The van der Waals surface area contributed by atoms with Crippen LogP contribution in [0, 0.1) is 5.82 Å². The van der Waals surface area contributed by atoms with Gasteiger partial charge in [-0.3, -0.25) is 14.5 Å². The minimum atomic E-state index is -0.471. The summed E-state index contributed by atoms with van der Waals surface area (Å²) in [6.07, 6.45) is 0. The van der Waals surface area contributed by atoms with Crippen molar-refractivity contribution >= 4 is 11.8 Å². The van der Waals surface area contributed by atoms with Gasteiger partial charge >= 0.3 is 0 Å². The van der Waals surface area contributed by atoms with Crippen molar-refractivity contribution in [2.75, 3.05) is 26.7 Å². The van der Waals surface area contributed by atoms with E-state index in [1.54, 1.807) is 24.1 Å². The summed E-state index contributed by atoms with van der Waals surface area (Å²) in [7, 11) is 1.57. The summed E-state index contributed by atoms with van der Waals surface area (Å²) in [5.74, 6) is -0.512. The highest BCUT2D eigenvalue weighted by molar-refractivity contribution is 5.87. The van der Waals surface area contributed by atoms with Crippen LogP contribution in [0.1, 0.15) is 12.5 Å². The first-order valence-electron chi connectivity index (χ1n) is 6.97. The lowest BCUT2D eigenvalue weighted by atomic mass is 10.1. The third-order valence-electron chi connectivity index (χ3n) is 3.74. The zero-order chi connectivity index (χ0) is 15.4. The second kappa shape index (κ2) is 6.67. The largest absolute Gasteiger partial charge is 0.357 e. The first kappa shape index (κ1) is 15.4. The molecule has 1 saturated heterocycles. The number of piperazine rings is 1. The normalized spacial score (nSPS) is 19.4. The number of hydrogen-bond acceptors (Lipinski definition) is 3. The zero-order valence-electron chi connectivity index (χ0n) is 12.3. The molecule has 1 fully saturated rings. The summed E-state index contributed by atoms with van der Waals surface area (Å²) in [6.45, 7) is 3.82. The second-order valence-electron chi connectivity index (χ2n) is 5.20. The van der Waals surface area contributed by atoms with Gasteiger partial charge in [0.1, 0.15) is 11.9 Å². The lowest BCUT2D eigenvalue weighted by Crippen LogP contribution is -2.59. The number of amides is 2. The van der Waals surface area contributed by atoms with E-state index in [2.05, 4.69) is 10.2 Å². The molecule has 2 amide bonds. The highest BCUT2D eigenvalue weighted by Gasteiger charge is 2.33. The molecule has 0 spiro atoms. The number of halogens is 1. The number of hydrogen-bond donors (Lipinski definition) is 1. The first-order valence-corrected chi connectivity index (χ1v) is 6.97. The molecule has 0 saturated carbocycles. The molecule has 1 atom stereocenters. The van der Waals surface area contributed by atoms with Crippen molar-refractivity contribution in [3.8, 4) is 0 Å². The second-order valence-corrected chi connectivity index (χ2v) is 5.20. The van der Waals surface area contributed by atoms with E-state index in [0.29, 0.717) is 26.2 Å². The van der Waals surface area contributed by atoms with Gasteiger partial charge in [-0.05, 0) is 17.7 Å². The summed E-state index contributed by atoms with van der Waals surface area (Å²) in [6, 6.07) is 5.86. The number of nitrogens with zero attached hydrogens (tertiary/aromatic N) is 2. The smallest absolute Gasteiger partial charge is 0.243 e. The van der Waals surface area contributed by atoms with Crippen LogP contribution in [0.15, 0.2) is 24.3 Å². The number of likely N-dealkylation sites (N-methyl/N-ethyl adjacent to an activating group) is 1. The molecule has 2 rings (SSSR count). The van der Waals surface area contributed by atoms with Crippen LogP contribution < -0.4 is 5.32 Å². The van der Waals surface area contributed by atoms with Crippen LogP contribution in [0.2, 0.25) is 0 Å². The van der Waals surface area contributed by atoms with Crippen LogP contribution in [0.3, 0.4) is 0 Å². The molecule has 0 aliphatic carbocycles. The SMILES string of the molecule is CNC(=O)C1CN(Cc2ccc(F)cc2)CCN1C(C)=O. The number of carbonyl (C=O) groups excluding carboxylic acids is 2. The standard InChI is InChI=1S/C15H20FN3O2/c1-11(20)19-8-7-18(10-14(19)15(21)17-2)9-12-3-5-13(16)6-4-12/h3-6,14H,7-10H2,1-2H3,(H,17,21). The van der Waals surface area contributed by atoms with E-state index in [4.69, 9.17) is 0 Å². The van der Waals surface area contributed by atoms with E-state index in [-0.39, 0.29) is 17.6 Å². The van der Waals surface area contributed by atoms with Crippen LogP contribution in [-0.4, -0.2) is 54.3 Å². The van der Waals surface area contributed by atoms with Gasteiger partial charge in [-0.15, -0.1) is 0 Å². The summed E-state index contributed by atoms with van der Waals surface area (Å²) < 4.78 is 12.9. The maximum absolute atomic E-state index is 12.9. The van der Waals surface area contributed by atoms with Gasteiger partial charge in [0.15, 0.2) is 0 Å². The van der Waals surface area contributed by atoms with Gasteiger partial charge in [0.2, 0.25) is 11.8 Å². The predicted octanol–water partition coefficient (Wildman–Crippen LogP) is 0.604. The molecular weight excluding hydrogens is 273 g/mol. The molecule has 1 aliphatic rings. The van der Waals surface area contributed by atoms with Crippen molar-refractivity contribution in [1.82, 2.24) is 15.1 Å². The highest BCUT2D eigenvalue weighted by atomic mass is 19.1. The lowest BCUT2D eigenvalue weighted by molar-refractivity contribution is -0.142. The Morgan fingerprint density at radius 3 is 2.52 bits per heavy atom.